The Morgan fingerprint density at radius 1 is 0.756 bits per heavy atom. The third-order valence-corrected chi connectivity index (χ3v) is 5.96. The van der Waals surface area contributed by atoms with Gasteiger partial charge in [-0.05, 0) is 41.0 Å². The molecule has 1 heterocycles. The molecule has 2 amide bonds. The zero-order valence-electron chi connectivity index (χ0n) is 21.6. The van der Waals surface area contributed by atoms with E-state index in [4.69, 9.17) is 4.74 Å². The third kappa shape index (κ3) is 7.63. The number of aromatic nitrogens is 1. The van der Waals surface area contributed by atoms with Gasteiger partial charge in [0, 0.05) is 19.3 Å². The highest BCUT2D eigenvalue weighted by atomic mass is 19.1. The molecule has 0 aliphatic carbocycles. The van der Waals surface area contributed by atoms with E-state index in [2.05, 4.69) is 10.6 Å². The fourth-order valence-corrected chi connectivity index (χ4v) is 3.92. The number of aliphatic carboxylic acids is 1. The van der Waals surface area contributed by atoms with Crippen molar-refractivity contribution >= 4 is 17.8 Å². The van der Waals surface area contributed by atoms with Crippen molar-refractivity contribution in [3.8, 4) is 5.75 Å². The van der Waals surface area contributed by atoms with E-state index in [1.165, 1.54) is 48.5 Å². The monoisotopic (exact) mass is 561 g/mol. The van der Waals surface area contributed by atoms with Crippen LogP contribution in [0.1, 0.15) is 37.5 Å². The Balaban J connectivity index is 1.70. The van der Waals surface area contributed by atoms with Crippen LogP contribution in [0.4, 0.5) is 8.78 Å². The van der Waals surface area contributed by atoms with Crippen LogP contribution >= 0.6 is 0 Å². The number of hydrogen-bond acceptors (Lipinski definition) is 5. The van der Waals surface area contributed by atoms with E-state index >= 15 is 0 Å². The molecule has 1 aromatic heterocycles. The molecule has 4 rings (SSSR count). The first-order valence-electron chi connectivity index (χ1n) is 12.4. The average molecular weight is 562 g/mol. The molecule has 210 valence electrons. The average Bonchev–Trinajstić information content (AvgIpc) is 2.96. The molecule has 0 bridgehead atoms. The van der Waals surface area contributed by atoms with Crippen LogP contribution in [-0.2, 0) is 31.0 Å². The van der Waals surface area contributed by atoms with E-state index in [0.717, 1.165) is 10.8 Å². The predicted octanol–water partition coefficient (Wildman–Crippen LogP) is 3.65. The molecule has 0 atom stereocenters. The first kappa shape index (κ1) is 28.7. The minimum atomic E-state index is -1.34. The highest BCUT2D eigenvalue weighted by Gasteiger charge is 2.26. The van der Waals surface area contributed by atoms with Gasteiger partial charge in [-0.2, -0.15) is 0 Å². The number of nitrogens with one attached hydrogen (secondary N) is 2. The standard InChI is InChI=1S/C30H25F2N3O6/c31-22-10-6-19(7-11-22)14-33-29(39)24-16-35(17-25(36)37)26(30(40)34-15-20-8-12-23(32)13-9-20)28(27(24)38)41-18-21-4-2-1-3-5-21/h1-13,16H,14-15,17-18H2,(H,33,39)(H,34,40)(H,36,37). The van der Waals surface area contributed by atoms with Gasteiger partial charge in [-0.15, -0.1) is 0 Å². The van der Waals surface area contributed by atoms with E-state index in [1.807, 2.05) is 0 Å². The van der Waals surface area contributed by atoms with Gasteiger partial charge in [0.2, 0.25) is 5.43 Å². The molecule has 0 spiro atoms. The van der Waals surface area contributed by atoms with Crippen molar-refractivity contribution < 1.29 is 33.0 Å². The van der Waals surface area contributed by atoms with E-state index in [0.29, 0.717) is 16.7 Å². The van der Waals surface area contributed by atoms with E-state index < -0.39 is 58.4 Å². The Hall–Kier alpha value is -5.32. The van der Waals surface area contributed by atoms with Crippen molar-refractivity contribution in [3.05, 3.63) is 135 Å². The Morgan fingerprint density at radius 2 is 1.29 bits per heavy atom. The van der Waals surface area contributed by atoms with Gasteiger partial charge in [-0.1, -0.05) is 54.6 Å². The second-order valence-corrected chi connectivity index (χ2v) is 8.96. The molecular weight excluding hydrogens is 536 g/mol. The zero-order valence-corrected chi connectivity index (χ0v) is 21.6. The summed E-state index contributed by atoms with van der Waals surface area (Å²) < 4.78 is 33.2. The van der Waals surface area contributed by atoms with Crippen LogP contribution in [0, 0.1) is 11.6 Å². The zero-order chi connectivity index (χ0) is 29.4. The van der Waals surface area contributed by atoms with E-state index in [9.17, 15) is 33.1 Å². The number of carboxylic acids is 1. The molecule has 9 nitrogen and oxygen atoms in total. The van der Waals surface area contributed by atoms with Gasteiger partial charge in [-0.3, -0.25) is 19.2 Å². The van der Waals surface area contributed by atoms with Gasteiger partial charge in [-0.25, -0.2) is 8.78 Å². The van der Waals surface area contributed by atoms with Crippen molar-refractivity contribution in [2.24, 2.45) is 0 Å². The number of hydrogen-bond donors (Lipinski definition) is 3. The molecule has 0 aliphatic heterocycles. The van der Waals surface area contributed by atoms with Crippen LogP contribution in [0.5, 0.6) is 5.75 Å². The summed E-state index contributed by atoms with van der Waals surface area (Å²) >= 11 is 0. The van der Waals surface area contributed by atoms with Gasteiger partial charge in [0.15, 0.2) is 11.4 Å². The number of halogens is 2. The quantitative estimate of drug-likeness (QED) is 0.257. The van der Waals surface area contributed by atoms with Crippen molar-refractivity contribution in [1.82, 2.24) is 15.2 Å². The summed E-state index contributed by atoms with van der Waals surface area (Å²) in [4.78, 5) is 51.7. The van der Waals surface area contributed by atoms with Crippen LogP contribution in [-0.4, -0.2) is 27.5 Å². The minimum absolute atomic E-state index is 0.0441. The lowest BCUT2D eigenvalue weighted by atomic mass is 10.1. The summed E-state index contributed by atoms with van der Waals surface area (Å²) in [6, 6.07) is 19.4. The Kier molecular flexibility index (Phi) is 9.20. The molecule has 3 N–H and O–H groups in total. The first-order chi connectivity index (χ1) is 19.7. The lowest BCUT2D eigenvalue weighted by Crippen LogP contribution is -2.35. The van der Waals surface area contributed by atoms with Gasteiger partial charge in [0.25, 0.3) is 11.8 Å². The summed E-state index contributed by atoms with van der Waals surface area (Å²) in [5, 5.41) is 14.7. The first-order valence-corrected chi connectivity index (χ1v) is 12.4. The minimum Gasteiger partial charge on any atom is -0.483 e. The van der Waals surface area contributed by atoms with E-state index in [-0.39, 0.29) is 19.7 Å². The molecular formula is C30H25F2N3O6. The molecule has 0 aliphatic rings. The number of carboxylic acid groups (broad SMARTS) is 1. The number of amides is 2. The number of pyridine rings is 1. The molecule has 0 saturated heterocycles. The normalized spacial score (nSPS) is 10.6. The maximum absolute atomic E-state index is 13.5. The number of carbonyl (C=O) groups excluding carboxylic acids is 2. The molecule has 0 radical (unpaired) electrons. The predicted molar refractivity (Wildman–Crippen MR) is 144 cm³/mol. The smallest absolute Gasteiger partial charge is 0.323 e. The topological polar surface area (TPSA) is 127 Å². The van der Waals surface area contributed by atoms with Crippen LogP contribution in [0.15, 0.2) is 89.9 Å². The van der Waals surface area contributed by atoms with Crippen molar-refractivity contribution in [1.29, 1.82) is 0 Å². The number of ether oxygens (including phenoxy) is 1. The van der Waals surface area contributed by atoms with Crippen LogP contribution in [0.3, 0.4) is 0 Å². The van der Waals surface area contributed by atoms with Crippen LogP contribution in [0.25, 0.3) is 0 Å². The van der Waals surface area contributed by atoms with Gasteiger partial charge < -0.3 is 25.0 Å². The molecule has 0 fully saturated rings. The summed E-state index contributed by atoms with van der Waals surface area (Å²) in [7, 11) is 0. The SMILES string of the molecule is O=C(O)Cn1cc(C(=O)NCc2ccc(F)cc2)c(=O)c(OCc2ccccc2)c1C(=O)NCc1ccc(F)cc1. The van der Waals surface area contributed by atoms with E-state index in [1.54, 1.807) is 30.3 Å². The Bertz CT molecular complexity index is 1600. The second kappa shape index (κ2) is 13.2. The molecule has 0 unspecified atom stereocenters. The van der Waals surface area contributed by atoms with Crippen molar-refractivity contribution in [2.45, 2.75) is 26.2 Å². The van der Waals surface area contributed by atoms with Crippen molar-refractivity contribution in [2.75, 3.05) is 0 Å². The number of nitrogens with zero attached hydrogens (tertiary/aromatic N) is 1. The lowest BCUT2D eigenvalue weighted by Gasteiger charge is -2.18. The Labute approximate surface area is 233 Å². The lowest BCUT2D eigenvalue weighted by molar-refractivity contribution is -0.137. The molecule has 41 heavy (non-hydrogen) atoms. The van der Waals surface area contributed by atoms with Gasteiger partial charge in [0.05, 0.1) is 0 Å². The fraction of sp³-hybridized carbons (Fsp3) is 0.133. The summed E-state index contributed by atoms with van der Waals surface area (Å²) in [5.74, 6) is -4.45. The molecule has 0 saturated carbocycles. The highest BCUT2D eigenvalue weighted by Crippen LogP contribution is 2.19. The summed E-state index contributed by atoms with van der Waals surface area (Å²) in [5.41, 5.74) is -0.0120. The van der Waals surface area contributed by atoms with Crippen LogP contribution in [0.2, 0.25) is 0 Å². The van der Waals surface area contributed by atoms with Crippen molar-refractivity contribution in [3.63, 3.8) is 0 Å². The van der Waals surface area contributed by atoms with Gasteiger partial charge in [0.1, 0.15) is 30.3 Å². The fourth-order valence-electron chi connectivity index (χ4n) is 3.92. The summed E-state index contributed by atoms with van der Waals surface area (Å²) in [6.07, 6.45) is 0.985. The number of rotatable bonds is 11. The summed E-state index contributed by atoms with van der Waals surface area (Å²) in [6.45, 7) is -1.02. The Morgan fingerprint density at radius 3 is 1.83 bits per heavy atom. The van der Waals surface area contributed by atoms with Gasteiger partial charge >= 0.3 is 5.97 Å². The maximum Gasteiger partial charge on any atom is 0.323 e. The largest absolute Gasteiger partial charge is 0.483 e. The maximum atomic E-state index is 13.5. The second-order valence-electron chi connectivity index (χ2n) is 8.96. The molecule has 11 heteroatoms. The molecule has 3 aromatic carbocycles. The third-order valence-electron chi connectivity index (χ3n) is 5.96. The van der Waals surface area contributed by atoms with Crippen LogP contribution < -0.4 is 20.8 Å². The highest BCUT2D eigenvalue weighted by molar-refractivity contribution is 5.99. The number of carbonyl (C=O) groups is 3. The molecule has 4 aromatic rings. The number of benzene rings is 3.